The Balaban J connectivity index is 2.48. The summed E-state index contributed by atoms with van der Waals surface area (Å²) in [4.78, 5) is 32.8. The number of carboxylic acid groups (broad SMARTS) is 1. The average molecular weight is 242 g/mol. The van der Waals surface area contributed by atoms with Gasteiger partial charge >= 0.3 is 12.0 Å². The van der Waals surface area contributed by atoms with E-state index < -0.39 is 24.6 Å². The summed E-state index contributed by atoms with van der Waals surface area (Å²) in [5.41, 5.74) is 0. The highest BCUT2D eigenvalue weighted by molar-refractivity contribution is 7.10. The molecule has 16 heavy (non-hydrogen) atoms. The summed E-state index contributed by atoms with van der Waals surface area (Å²) >= 11 is 1.33. The number of thiophene rings is 1. The Morgan fingerprint density at radius 3 is 2.81 bits per heavy atom. The third kappa shape index (κ3) is 3.70. The fraction of sp³-hybridized carbons (Fsp3) is 0.222. The predicted octanol–water partition coefficient (Wildman–Crippen LogP) is 0.372. The Morgan fingerprint density at radius 1 is 1.56 bits per heavy atom. The first-order valence-electron chi connectivity index (χ1n) is 4.38. The fourth-order valence-corrected chi connectivity index (χ4v) is 1.72. The standard InChI is InChI=1S/C9H10N2O4S/c12-5-6(7-2-1-3-16-7)11-9(15)10-4-8(13)14/h1-3,5-6H,4H2,(H,13,14)(H2,10,11,15). The van der Waals surface area contributed by atoms with Gasteiger partial charge in [0, 0.05) is 4.88 Å². The van der Waals surface area contributed by atoms with Crippen molar-refractivity contribution in [2.24, 2.45) is 0 Å². The van der Waals surface area contributed by atoms with Gasteiger partial charge in [0.25, 0.3) is 0 Å². The molecule has 0 aliphatic rings. The van der Waals surface area contributed by atoms with Gasteiger partial charge < -0.3 is 20.5 Å². The van der Waals surface area contributed by atoms with Crippen LogP contribution in [-0.2, 0) is 9.59 Å². The van der Waals surface area contributed by atoms with Crippen LogP contribution in [0, 0.1) is 0 Å². The molecule has 0 radical (unpaired) electrons. The number of nitrogens with one attached hydrogen (secondary N) is 2. The summed E-state index contributed by atoms with van der Waals surface area (Å²) in [6, 6.07) is 2.04. The number of aliphatic carboxylic acids is 1. The third-order valence-electron chi connectivity index (χ3n) is 1.67. The molecular formula is C9H10N2O4S. The van der Waals surface area contributed by atoms with Crippen LogP contribution in [-0.4, -0.2) is 29.9 Å². The number of amides is 2. The quantitative estimate of drug-likeness (QED) is 0.650. The van der Waals surface area contributed by atoms with Crippen molar-refractivity contribution in [3.63, 3.8) is 0 Å². The van der Waals surface area contributed by atoms with Gasteiger partial charge in [-0.25, -0.2) is 4.79 Å². The van der Waals surface area contributed by atoms with Gasteiger partial charge in [-0.2, -0.15) is 0 Å². The molecule has 1 aromatic heterocycles. The van der Waals surface area contributed by atoms with Crippen molar-refractivity contribution in [1.29, 1.82) is 0 Å². The largest absolute Gasteiger partial charge is 0.480 e. The Morgan fingerprint density at radius 2 is 2.31 bits per heavy atom. The van der Waals surface area contributed by atoms with Gasteiger partial charge in [-0.15, -0.1) is 11.3 Å². The zero-order valence-electron chi connectivity index (χ0n) is 8.17. The predicted molar refractivity (Wildman–Crippen MR) is 57.3 cm³/mol. The molecule has 0 aliphatic carbocycles. The lowest BCUT2D eigenvalue weighted by Crippen LogP contribution is -2.40. The second-order valence-electron chi connectivity index (χ2n) is 2.85. The molecule has 0 aliphatic heterocycles. The van der Waals surface area contributed by atoms with Crippen molar-refractivity contribution >= 4 is 29.6 Å². The molecule has 0 spiro atoms. The molecule has 1 heterocycles. The first kappa shape index (κ1) is 12.2. The van der Waals surface area contributed by atoms with E-state index in [-0.39, 0.29) is 0 Å². The molecule has 0 saturated heterocycles. The Labute approximate surface area is 95.3 Å². The molecule has 1 atom stereocenters. The van der Waals surface area contributed by atoms with Crippen molar-refractivity contribution in [3.05, 3.63) is 22.4 Å². The maximum atomic E-state index is 11.2. The zero-order valence-corrected chi connectivity index (χ0v) is 8.99. The molecule has 7 heteroatoms. The molecule has 1 aromatic rings. The van der Waals surface area contributed by atoms with E-state index in [1.807, 2.05) is 0 Å². The van der Waals surface area contributed by atoms with Crippen LogP contribution < -0.4 is 10.6 Å². The third-order valence-corrected chi connectivity index (χ3v) is 2.63. The monoisotopic (exact) mass is 242 g/mol. The summed E-state index contributed by atoms with van der Waals surface area (Å²) in [7, 11) is 0. The maximum Gasteiger partial charge on any atom is 0.323 e. The van der Waals surface area contributed by atoms with Crippen molar-refractivity contribution in [2.45, 2.75) is 6.04 Å². The van der Waals surface area contributed by atoms with E-state index in [0.717, 1.165) is 0 Å². The number of hydrogen-bond donors (Lipinski definition) is 3. The Kier molecular flexibility index (Phi) is 4.46. The molecule has 6 nitrogen and oxygen atoms in total. The molecule has 0 bridgehead atoms. The average Bonchev–Trinajstić information content (AvgIpc) is 2.76. The molecule has 1 unspecified atom stereocenters. The second kappa shape index (κ2) is 5.86. The summed E-state index contributed by atoms with van der Waals surface area (Å²) in [5.74, 6) is -1.14. The van der Waals surface area contributed by atoms with E-state index in [0.29, 0.717) is 11.2 Å². The molecule has 3 N–H and O–H groups in total. The maximum absolute atomic E-state index is 11.2. The minimum absolute atomic E-state index is 0.484. The van der Waals surface area contributed by atoms with Gasteiger partial charge in [0.05, 0.1) is 0 Å². The summed E-state index contributed by atoms with van der Waals surface area (Å²) < 4.78 is 0. The lowest BCUT2D eigenvalue weighted by molar-refractivity contribution is -0.135. The van der Waals surface area contributed by atoms with E-state index in [2.05, 4.69) is 10.6 Å². The molecular weight excluding hydrogens is 232 g/mol. The minimum atomic E-state index is -1.14. The van der Waals surface area contributed by atoms with Crippen molar-refractivity contribution in [3.8, 4) is 0 Å². The van der Waals surface area contributed by atoms with Crippen LogP contribution in [0.15, 0.2) is 17.5 Å². The summed E-state index contributed by atoms with van der Waals surface area (Å²) in [6.45, 7) is -0.484. The van der Waals surface area contributed by atoms with Crippen molar-refractivity contribution in [1.82, 2.24) is 10.6 Å². The van der Waals surface area contributed by atoms with Crippen molar-refractivity contribution < 1.29 is 19.5 Å². The summed E-state index contributed by atoms with van der Waals surface area (Å²) in [6.07, 6.45) is 0.589. The normalized spacial score (nSPS) is 11.5. The van der Waals surface area contributed by atoms with Gasteiger partial charge in [-0.3, -0.25) is 4.79 Å². The topological polar surface area (TPSA) is 95.5 Å². The van der Waals surface area contributed by atoms with Crippen LogP contribution in [0.2, 0.25) is 0 Å². The minimum Gasteiger partial charge on any atom is -0.480 e. The highest BCUT2D eigenvalue weighted by Gasteiger charge is 2.14. The van der Waals surface area contributed by atoms with E-state index in [9.17, 15) is 14.4 Å². The summed E-state index contributed by atoms with van der Waals surface area (Å²) in [5, 5.41) is 14.6. The first-order valence-corrected chi connectivity index (χ1v) is 5.26. The highest BCUT2D eigenvalue weighted by atomic mass is 32.1. The molecule has 86 valence electrons. The second-order valence-corrected chi connectivity index (χ2v) is 3.83. The van der Waals surface area contributed by atoms with Crippen molar-refractivity contribution in [2.75, 3.05) is 6.54 Å². The van der Waals surface area contributed by atoms with Crippen LogP contribution in [0.1, 0.15) is 10.9 Å². The molecule has 0 saturated carbocycles. The first-order chi connectivity index (χ1) is 7.63. The van der Waals surface area contributed by atoms with Gasteiger partial charge in [0.2, 0.25) is 0 Å². The molecule has 2 amide bonds. The van der Waals surface area contributed by atoms with Gasteiger partial charge in [0.1, 0.15) is 18.9 Å². The zero-order chi connectivity index (χ0) is 12.0. The number of carbonyl (C=O) groups excluding carboxylic acids is 2. The van der Waals surface area contributed by atoms with E-state index in [4.69, 9.17) is 5.11 Å². The van der Waals surface area contributed by atoms with Crippen LogP contribution in [0.5, 0.6) is 0 Å². The van der Waals surface area contributed by atoms with Crippen LogP contribution in [0.25, 0.3) is 0 Å². The number of aldehydes is 1. The molecule has 0 fully saturated rings. The Hall–Kier alpha value is -1.89. The SMILES string of the molecule is O=CC(NC(=O)NCC(=O)O)c1cccs1. The smallest absolute Gasteiger partial charge is 0.323 e. The van der Waals surface area contributed by atoms with Crippen LogP contribution in [0.3, 0.4) is 0 Å². The highest BCUT2D eigenvalue weighted by Crippen LogP contribution is 2.16. The molecule has 1 rings (SSSR count). The van der Waals surface area contributed by atoms with Gasteiger partial charge in [-0.05, 0) is 11.4 Å². The van der Waals surface area contributed by atoms with Gasteiger partial charge in [0.15, 0.2) is 0 Å². The lowest BCUT2D eigenvalue weighted by Gasteiger charge is -2.10. The molecule has 0 aromatic carbocycles. The number of urea groups is 1. The number of hydrogen-bond acceptors (Lipinski definition) is 4. The van der Waals surface area contributed by atoms with E-state index in [1.165, 1.54) is 11.3 Å². The number of carbonyl (C=O) groups is 3. The van der Waals surface area contributed by atoms with E-state index in [1.54, 1.807) is 17.5 Å². The van der Waals surface area contributed by atoms with Gasteiger partial charge in [-0.1, -0.05) is 6.07 Å². The fourth-order valence-electron chi connectivity index (χ4n) is 0.989. The lowest BCUT2D eigenvalue weighted by atomic mass is 10.3. The van der Waals surface area contributed by atoms with Crippen LogP contribution >= 0.6 is 11.3 Å². The van der Waals surface area contributed by atoms with Crippen LogP contribution in [0.4, 0.5) is 4.79 Å². The van der Waals surface area contributed by atoms with E-state index >= 15 is 0 Å². The number of carboxylic acids is 1. The number of rotatable bonds is 5. The Bertz CT molecular complexity index is 377.